The van der Waals surface area contributed by atoms with E-state index >= 15 is 0 Å². The highest BCUT2D eigenvalue weighted by atomic mass is 15.2. The van der Waals surface area contributed by atoms with Crippen LogP contribution in [0.2, 0.25) is 0 Å². The lowest BCUT2D eigenvalue weighted by molar-refractivity contribution is 0.572. The highest BCUT2D eigenvalue weighted by Crippen LogP contribution is 2.20. The Morgan fingerprint density at radius 1 is 1.33 bits per heavy atom. The Labute approximate surface area is 89.6 Å². The van der Waals surface area contributed by atoms with E-state index in [4.69, 9.17) is 5.26 Å². The molecule has 0 spiro atoms. The average molecular weight is 202 g/mol. The van der Waals surface area contributed by atoms with Crippen molar-refractivity contribution in [3.8, 4) is 6.07 Å². The van der Waals surface area contributed by atoms with Crippen molar-refractivity contribution in [3.63, 3.8) is 0 Å². The minimum atomic E-state index is 0.586. The van der Waals surface area contributed by atoms with E-state index in [9.17, 15) is 0 Å². The molecule has 0 aliphatic carbocycles. The minimum absolute atomic E-state index is 0.586. The van der Waals surface area contributed by atoms with Gasteiger partial charge in [-0.1, -0.05) is 0 Å². The van der Waals surface area contributed by atoms with Crippen LogP contribution in [0.1, 0.15) is 30.7 Å². The summed E-state index contributed by atoms with van der Waals surface area (Å²) >= 11 is 0. The number of aryl methyl sites for hydroxylation is 1. The van der Waals surface area contributed by atoms with Gasteiger partial charge in [-0.25, -0.2) is 9.97 Å². The van der Waals surface area contributed by atoms with Gasteiger partial charge in [-0.15, -0.1) is 0 Å². The summed E-state index contributed by atoms with van der Waals surface area (Å²) < 4.78 is 0. The zero-order valence-corrected chi connectivity index (χ0v) is 8.90. The van der Waals surface area contributed by atoms with Gasteiger partial charge in [-0.05, 0) is 26.2 Å². The number of rotatable bonds is 1. The molecule has 2 heterocycles. The molecule has 15 heavy (non-hydrogen) atoms. The van der Waals surface area contributed by atoms with E-state index in [1.54, 1.807) is 6.20 Å². The standard InChI is InChI=1S/C11H14N4/c1-9-13-8-10(7-12)11(14-9)15-5-3-2-4-6-15/h8H,2-6H2,1H3. The molecule has 1 saturated heterocycles. The first-order chi connectivity index (χ1) is 7.31. The summed E-state index contributed by atoms with van der Waals surface area (Å²) in [5.41, 5.74) is 0.586. The molecule has 1 aliphatic rings. The molecule has 1 aromatic heterocycles. The van der Waals surface area contributed by atoms with Crippen LogP contribution in [0.25, 0.3) is 0 Å². The third-order valence-corrected chi connectivity index (χ3v) is 2.67. The summed E-state index contributed by atoms with van der Waals surface area (Å²) in [6.45, 7) is 3.87. The maximum Gasteiger partial charge on any atom is 0.150 e. The molecule has 1 fully saturated rings. The van der Waals surface area contributed by atoms with Crippen molar-refractivity contribution in [1.29, 1.82) is 5.26 Å². The van der Waals surface area contributed by atoms with Crippen molar-refractivity contribution < 1.29 is 0 Å². The molecule has 0 N–H and O–H groups in total. The molecule has 0 unspecified atom stereocenters. The molecule has 0 radical (unpaired) electrons. The maximum atomic E-state index is 8.98. The monoisotopic (exact) mass is 202 g/mol. The molecule has 2 rings (SSSR count). The summed E-state index contributed by atoms with van der Waals surface area (Å²) in [6, 6.07) is 2.15. The van der Waals surface area contributed by atoms with Crippen LogP contribution in [0.5, 0.6) is 0 Å². The molecule has 0 aromatic carbocycles. The lowest BCUT2D eigenvalue weighted by Crippen LogP contribution is -2.31. The van der Waals surface area contributed by atoms with Crippen LogP contribution < -0.4 is 4.90 Å². The van der Waals surface area contributed by atoms with Crippen molar-refractivity contribution in [2.45, 2.75) is 26.2 Å². The van der Waals surface area contributed by atoms with E-state index < -0.39 is 0 Å². The Bertz CT molecular complexity index is 388. The van der Waals surface area contributed by atoms with Gasteiger partial charge in [0, 0.05) is 13.1 Å². The number of hydrogen-bond acceptors (Lipinski definition) is 4. The van der Waals surface area contributed by atoms with Gasteiger partial charge >= 0.3 is 0 Å². The Kier molecular flexibility index (Phi) is 2.82. The molecule has 0 saturated carbocycles. The van der Waals surface area contributed by atoms with E-state index in [2.05, 4.69) is 20.9 Å². The zero-order valence-electron chi connectivity index (χ0n) is 8.90. The second kappa shape index (κ2) is 4.26. The van der Waals surface area contributed by atoms with Crippen molar-refractivity contribution in [2.75, 3.05) is 18.0 Å². The van der Waals surface area contributed by atoms with Crippen LogP contribution in [0.15, 0.2) is 6.20 Å². The summed E-state index contributed by atoms with van der Waals surface area (Å²) in [4.78, 5) is 10.6. The van der Waals surface area contributed by atoms with Crippen LogP contribution in [-0.2, 0) is 0 Å². The Balaban J connectivity index is 2.32. The van der Waals surface area contributed by atoms with E-state index in [0.717, 1.165) is 24.7 Å². The minimum Gasteiger partial charge on any atom is -0.355 e. The van der Waals surface area contributed by atoms with Gasteiger partial charge in [0.15, 0.2) is 0 Å². The Morgan fingerprint density at radius 3 is 2.73 bits per heavy atom. The number of nitriles is 1. The van der Waals surface area contributed by atoms with Crippen molar-refractivity contribution in [1.82, 2.24) is 9.97 Å². The van der Waals surface area contributed by atoms with Gasteiger partial charge in [-0.2, -0.15) is 5.26 Å². The van der Waals surface area contributed by atoms with Crippen molar-refractivity contribution in [2.24, 2.45) is 0 Å². The van der Waals surface area contributed by atoms with Crippen LogP contribution in [0.3, 0.4) is 0 Å². The quantitative estimate of drug-likeness (QED) is 0.694. The molecule has 4 nitrogen and oxygen atoms in total. The zero-order chi connectivity index (χ0) is 10.7. The van der Waals surface area contributed by atoms with Gasteiger partial charge < -0.3 is 4.90 Å². The van der Waals surface area contributed by atoms with E-state index in [1.165, 1.54) is 19.3 Å². The predicted octanol–water partition coefficient (Wildman–Crippen LogP) is 1.65. The van der Waals surface area contributed by atoms with E-state index in [-0.39, 0.29) is 0 Å². The molecule has 1 aromatic rings. The smallest absolute Gasteiger partial charge is 0.150 e. The third-order valence-electron chi connectivity index (χ3n) is 2.67. The first kappa shape index (κ1) is 9.91. The number of piperidine rings is 1. The predicted molar refractivity (Wildman–Crippen MR) is 57.5 cm³/mol. The van der Waals surface area contributed by atoms with E-state index in [1.807, 2.05) is 6.92 Å². The van der Waals surface area contributed by atoms with Gasteiger partial charge in [0.2, 0.25) is 0 Å². The number of hydrogen-bond donors (Lipinski definition) is 0. The SMILES string of the molecule is Cc1ncc(C#N)c(N2CCCCC2)n1. The molecule has 4 heteroatoms. The lowest BCUT2D eigenvalue weighted by atomic mass is 10.1. The van der Waals surface area contributed by atoms with Gasteiger partial charge in [-0.3, -0.25) is 0 Å². The van der Waals surface area contributed by atoms with Crippen LogP contribution in [0, 0.1) is 18.3 Å². The van der Waals surface area contributed by atoms with Gasteiger partial charge in [0.1, 0.15) is 23.3 Å². The first-order valence-corrected chi connectivity index (χ1v) is 5.30. The van der Waals surface area contributed by atoms with Gasteiger partial charge in [0.25, 0.3) is 0 Å². The molecule has 1 aliphatic heterocycles. The fraction of sp³-hybridized carbons (Fsp3) is 0.545. The maximum absolute atomic E-state index is 8.98. The summed E-state index contributed by atoms with van der Waals surface area (Å²) in [7, 11) is 0. The normalized spacial score (nSPS) is 16.1. The number of aromatic nitrogens is 2. The van der Waals surface area contributed by atoms with Crippen molar-refractivity contribution in [3.05, 3.63) is 17.6 Å². The fourth-order valence-corrected chi connectivity index (χ4v) is 1.88. The molecular formula is C11H14N4. The highest BCUT2D eigenvalue weighted by Gasteiger charge is 2.16. The lowest BCUT2D eigenvalue weighted by Gasteiger charge is -2.28. The second-order valence-electron chi connectivity index (χ2n) is 3.81. The molecule has 78 valence electrons. The summed E-state index contributed by atoms with van der Waals surface area (Å²) in [5, 5.41) is 8.98. The third kappa shape index (κ3) is 2.07. The number of nitrogens with zero attached hydrogens (tertiary/aromatic N) is 4. The van der Waals surface area contributed by atoms with Crippen LogP contribution >= 0.6 is 0 Å². The summed E-state index contributed by atoms with van der Waals surface area (Å²) in [5.74, 6) is 1.54. The summed E-state index contributed by atoms with van der Waals surface area (Å²) in [6.07, 6.45) is 5.27. The van der Waals surface area contributed by atoms with Crippen molar-refractivity contribution >= 4 is 5.82 Å². The molecular weight excluding hydrogens is 188 g/mol. The highest BCUT2D eigenvalue weighted by molar-refractivity contribution is 5.52. The van der Waals surface area contributed by atoms with Crippen LogP contribution in [-0.4, -0.2) is 23.1 Å². The average Bonchev–Trinajstić information content (AvgIpc) is 2.30. The van der Waals surface area contributed by atoms with E-state index in [0.29, 0.717) is 5.56 Å². The molecule has 0 amide bonds. The fourth-order valence-electron chi connectivity index (χ4n) is 1.88. The second-order valence-corrected chi connectivity index (χ2v) is 3.81. The molecule has 0 bridgehead atoms. The first-order valence-electron chi connectivity index (χ1n) is 5.30. The van der Waals surface area contributed by atoms with Gasteiger partial charge in [0.05, 0.1) is 6.20 Å². The Morgan fingerprint density at radius 2 is 2.07 bits per heavy atom. The largest absolute Gasteiger partial charge is 0.355 e. The number of anilines is 1. The topological polar surface area (TPSA) is 52.8 Å². The molecule has 0 atom stereocenters. The van der Waals surface area contributed by atoms with Crippen LogP contribution in [0.4, 0.5) is 5.82 Å². The Hall–Kier alpha value is -1.63.